The number of benzene rings is 3. The molecule has 0 fully saturated rings. The fourth-order valence-corrected chi connectivity index (χ4v) is 3.67. The van der Waals surface area contributed by atoms with E-state index >= 15 is 0 Å². The van der Waals surface area contributed by atoms with Gasteiger partial charge in [-0.05, 0) is 36.4 Å². The van der Waals surface area contributed by atoms with Gasteiger partial charge in [-0.1, -0.05) is 42.5 Å². The first-order valence-electron chi connectivity index (χ1n) is 9.65. The number of aromatic nitrogens is 3. The van der Waals surface area contributed by atoms with Crippen molar-refractivity contribution in [1.29, 1.82) is 0 Å². The van der Waals surface area contributed by atoms with Crippen molar-refractivity contribution in [2.45, 2.75) is 0 Å². The van der Waals surface area contributed by atoms with Crippen LogP contribution in [0.3, 0.4) is 0 Å². The minimum Gasteiger partial charge on any atom is -0.496 e. The first-order chi connectivity index (χ1) is 14.7. The monoisotopic (exact) mass is 393 g/mol. The first-order valence-corrected chi connectivity index (χ1v) is 9.65. The molecular weight excluding hydrogens is 374 g/mol. The molecule has 0 spiro atoms. The predicted molar refractivity (Wildman–Crippen MR) is 120 cm³/mol. The summed E-state index contributed by atoms with van der Waals surface area (Å²) in [6.07, 6.45) is 3.79. The molecule has 5 aromatic rings. The lowest BCUT2D eigenvalue weighted by Crippen LogP contribution is -2.06. The number of ketones is 1. The lowest BCUT2D eigenvalue weighted by molar-refractivity contribution is 0.105. The Labute approximate surface area is 173 Å². The summed E-state index contributed by atoms with van der Waals surface area (Å²) >= 11 is 0. The molecule has 0 radical (unpaired) electrons. The lowest BCUT2D eigenvalue weighted by Gasteiger charge is -2.09. The Kier molecular flexibility index (Phi) is 4.41. The fourth-order valence-electron chi connectivity index (χ4n) is 3.67. The molecule has 0 saturated carbocycles. The molecular formula is C25H19N3O2. The first kappa shape index (κ1) is 17.9. The Morgan fingerprint density at radius 3 is 2.50 bits per heavy atom. The van der Waals surface area contributed by atoms with Crippen LogP contribution in [0.25, 0.3) is 33.6 Å². The molecule has 0 aliphatic carbocycles. The summed E-state index contributed by atoms with van der Waals surface area (Å²) in [6.45, 7) is 0. The molecule has 5 nitrogen and oxygen atoms in total. The van der Waals surface area contributed by atoms with Crippen molar-refractivity contribution in [3.63, 3.8) is 0 Å². The predicted octanol–water partition coefficient (Wildman–Crippen LogP) is 5.48. The Morgan fingerprint density at radius 1 is 0.933 bits per heavy atom. The van der Waals surface area contributed by atoms with Gasteiger partial charge >= 0.3 is 0 Å². The summed E-state index contributed by atoms with van der Waals surface area (Å²) in [5.74, 6) is 0.901. The van der Waals surface area contributed by atoms with Gasteiger partial charge in [0.2, 0.25) is 0 Å². The third-order valence-electron chi connectivity index (χ3n) is 5.16. The normalized spacial score (nSPS) is 11.8. The maximum absolute atomic E-state index is 13.6. The van der Waals surface area contributed by atoms with Gasteiger partial charge in [-0.3, -0.25) is 4.79 Å². The third-order valence-corrected chi connectivity index (χ3v) is 5.16. The van der Waals surface area contributed by atoms with Gasteiger partial charge in [0.25, 0.3) is 0 Å². The Balaban J connectivity index is 1.72. The number of carbonyl (C=O) groups excluding carboxylic acids is 1. The van der Waals surface area contributed by atoms with Crippen LogP contribution in [0.2, 0.25) is 0 Å². The number of ether oxygens (including phenoxy) is 1. The molecule has 0 bridgehead atoms. The zero-order valence-electron chi connectivity index (χ0n) is 16.3. The van der Waals surface area contributed by atoms with Crippen molar-refractivity contribution < 1.29 is 9.53 Å². The van der Waals surface area contributed by atoms with Crippen LogP contribution in [0, 0.1) is 0 Å². The van der Waals surface area contributed by atoms with E-state index in [0.717, 1.165) is 27.5 Å². The Morgan fingerprint density at radius 2 is 1.67 bits per heavy atom. The zero-order valence-corrected chi connectivity index (χ0v) is 16.3. The van der Waals surface area contributed by atoms with E-state index in [1.54, 1.807) is 19.2 Å². The second kappa shape index (κ2) is 7.37. The van der Waals surface area contributed by atoms with Crippen LogP contribution in [0.1, 0.15) is 21.7 Å². The van der Waals surface area contributed by atoms with Gasteiger partial charge in [0.15, 0.2) is 5.78 Å². The molecule has 5 rings (SSSR count). The van der Waals surface area contributed by atoms with E-state index in [2.05, 4.69) is 15.0 Å². The summed E-state index contributed by atoms with van der Waals surface area (Å²) in [5.41, 5.74) is 4.59. The number of aromatic amines is 2. The van der Waals surface area contributed by atoms with Gasteiger partial charge in [-0.15, -0.1) is 0 Å². The number of nitrogens with zero attached hydrogens (tertiary/aromatic N) is 1. The van der Waals surface area contributed by atoms with Gasteiger partial charge in [0, 0.05) is 22.7 Å². The molecule has 2 N–H and O–H groups in total. The van der Waals surface area contributed by atoms with E-state index in [4.69, 9.17) is 4.74 Å². The number of nitrogens with one attached hydrogen (secondary N) is 2. The standard InChI is InChI=1S/C25H19N3O2/c1-30-23-13-7-3-9-18(23)24(29)19(25-27-21-11-5-6-12-22(21)28-25)14-16-15-26-20-10-4-2-8-17(16)20/h2-15,26H,1H3,(H,27,28). The molecule has 30 heavy (non-hydrogen) atoms. The highest BCUT2D eigenvalue weighted by atomic mass is 16.5. The number of methoxy groups -OCH3 is 1. The quantitative estimate of drug-likeness (QED) is 0.307. The maximum Gasteiger partial charge on any atom is 0.200 e. The molecule has 146 valence electrons. The number of allylic oxidation sites excluding steroid dienone is 1. The van der Waals surface area contributed by atoms with Crippen molar-refractivity contribution in [2.75, 3.05) is 7.11 Å². The SMILES string of the molecule is COc1ccccc1C(=O)C(=Cc1c[nH]c2ccccc12)c1nc2ccccc2[nH]1. The van der Waals surface area contributed by atoms with Crippen molar-refractivity contribution in [3.8, 4) is 5.75 Å². The number of carbonyl (C=O) groups is 1. The summed E-state index contributed by atoms with van der Waals surface area (Å²) in [7, 11) is 1.57. The Bertz CT molecular complexity index is 1380. The number of imidazole rings is 1. The molecule has 2 aromatic heterocycles. The molecule has 5 heteroatoms. The molecule has 3 aromatic carbocycles. The number of rotatable bonds is 5. The number of H-pyrrole nitrogens is 2. The second-order valence-electron chi connectivity index (χ2n) is 6.98. The summed E-state index contributed by atoms with van der Waals surface area (Å²) in [6, 6.07) is 23.0. The topological polar surface area (TPSA) is 70.8 Å². The fraction of sp³-hybridized carbons (Fsp3) is 0.0400. The third kappa shape index (κ3) is 3.06. The van der Waals surface area contributed by atoms with Crippen molar-refractivity contribution >= 4 is 39.4 Å². The minimum atomic E-state index is -0.156. The average Bonchev–Trinajstić information content (AvgIpc) is 3.41. The smallest absolute Gasteiger partial charge is 0.200 e. The van der Waals surface area contributed by atoms with Crippen molar-refractivity contribution in [1.82, 2.24) is 15.0 Å². The van der Waals surface area contributed by atoms with Crippen LogP contribution in [0.5, 0.6) is 5.75 Å². The second-order valence-corrected chi connectivity index (χ2v) is 6.98. The van der Waals surface area contributed by atoms with Gasteiger partial charge < -0.3 is 14.7 Å². The van der Waals surface area contributed by atoms with Crippen LogP contribution in [0.15, 0.2) is 79.0 Å². The molecule has 0 aliphatic heterocycles. The van der Waals surface area contributed by atoms with Crippen LogP contribution in [-0.2, 0) is 0 Å². The highest BCUT2D eigenvalue weighted by molar-refractivity contribution is 6.33. The number of hydrogen-bond acceptors (Lipinski definition) is 3. The molecule has 0 aliphatic rings. The maximum atomic E-state index is 13.6. The number of Topliss-reactive ketones (excluding diaryl/α,β-unsaturated/α-hetero) is 1. The van der Waals surface area contributed by atoms with Crippen molar-refractivity contribution in [2.24, 2.45) is 0 Å². The summed E-state index contributed by atoms with van der Waals surface area (Å²) < 4.78 is 5.43. The molecule has 2 heterocycles. The van der Waals surface area contributed by atoms with E-state index in [0.29, 0.717) is 22.7 Å². The van der Waals surface area contributed by atoms with Crippen LogP contribution in [-0.4, -0.2) is 27.8 Å². The largest absolute Gasteiger partial charge is 0.496 e. The summed E-state index contributed by atoms with van der Waals surface area (Å²) in [4.78, 5) is 24.9. The number of para-hydroxylation sites is 4. The van der Waals surface area contributed by atoms with E-state index in [9.17, 15) is 4.79 Å². The van der Waals surface area contributed by atoms with E-state index < -0.39 is 0 Å². The van der Waals surface area contributed by atoms with Gasteiger partial charge in [-0.25, -0.2) is 4.98 Å². The number of hydrogen-bond donors (Lipinski definition) is 2. The highest BCUT2D eigenvalue weighted by Gasteiger charge is 2.21. The molecule has 0 amide bonds. The summed E-state index contributed by atoms with van der Waals surface area (Å²) in [5, 5.41) is 1.04. The van der Waals surface area contributed by atoms with Gasteiger partial charge in [0.05, 0.1) is 29.3 Å². The van der Waals surface area contributed by atoms with Crippen LogP contribution < -0.4 is 4.74 Å². The van der Waals surface area contributed by atoms with Crippen LogP contribution in [0.4, 0.5) is 0 Å². The molecule has 0 unspecified atom stereocenters. The molecule has 0 atom stereocenters. The van der Waals surface area contributed by atoms with Crippen molar-refractivity contribution in [3.05, 3.63) is 95.9 Å². The average molecular weight is 393 g/mol. The van der Waals surface area contributed by atoms with E-state index in [1.165, 1.54) is 0 Å². The van der Waals surface area contributed by atoms with Crippen LogP contribution >= 0.6 is 0 Å². The van der Waals surface area contributed by atoms with E-state index in [1.807, 2.05) is 72.9 Å². The van der Waals surface area contributed by atoms with E-state index in [-0.39, 0.29) is 5.78 Å². The number of fused-ring (bicyclic) bond motifs is 2. The van der Waals surface area contributed by atoms with Gasteiger partial charge in [-0.2, -0.15) is 0 Å². The lowest BCUT2D eigenvalue weighted by atomic mass is 9.99. The minimum absolute atomic E-state index is 0.156. The highest BCUT2D eigenvalue weighted by Crippen LogP contribution is 2.29. The zero-order chi connectivity index (χ0) is 20.5. The van der Waals surface area contributed by atoms with Gasteiger partial charge in [0.1, 0.15) is 11.6 Å². The Hall–Kier alpha value is -4.12. The molecule has 0 saturated heterocycles.